The van der Waals surface area contributed by atoms with Crippen molar-refractivity contribution in [2.75, 3.05) is 7.11 Å². The molecule has 0 spiro atoms. The molecule has 3 atom stereocenters. The number of nitrogens with one attached hydrogen (secondary N) is 1. The van der Waals surface area contributed by atoms with Gasteiger partial charge >= 0.3 is 0 Å². The lowest BCUT2D eigenvalue weighted by atomic mass is 9.83. The van der Waals surface area contributed by atoms with Gasteiger partial charge in [0.25, 0.3) is 0 Å². The van der Waals surface area contributed by atoms with E-state index in [0.29, 0.717) is 13.0 Å². The fourth-order valence-corrected chi connectivity index (χ4v) is 2.31. The summed E-state index contributed by atoms with van der Waals surface area (Å²) in [6.07, 6.45) is 3.78. The SMILES string of the molecule is CO[C@H]1C[C@@H](C(=O)NCc2ccon2)CC[C@@H]1N.Cl. The largest absolute Gasteiger partial charge is 0.380 e. The van der Waals surface area contributed by atoms with Gasteiger partial charge in [-0.05, 0) is 19.3 Å². The first kappa shape index (κ1) is 15.9. The summed E-state index contributed by atoms with van der Waals surface area (Å²) in [4.78, 5) is 12.0. The third-order valence-electron chi connectivity index (χ3n) is 3.45. The molecule has 6 nitrogen and oxygen atoms in total. The summed E-state index contributed by atoms with van der Waals surface area (Å²) in [5, 5.41) is 6.60. The number of carbonyl (C=O) groups excluding carboxylic acids is 1. The highest BCUT2D eigenvalue weighted by atomic mass is 35.5. The maximum absolute atomic E-state index is 12.0. The standard InChI is InChI=1S/C12H19N3O3.ClH/c1-17-11-6-8(2-3-10(11)13)12(16)14-7-9-4-5-18-15-9;/h4-5,8,10-11H,2-3,6-7,13H2,1H3,(H,14,16);1H/t8-,10-,11-;/m0./s1. The molecule has 2 rings (SSSR count). The molecule has 0 bridgehead atoms. The number of ether oxygens (including phenoxy) is 1. The summed E-state index contributed by atoms with van der Waals surface area (Å²) in [5.74, 6) is 0.00796. The molecule has 1 fully saturated rings. The fraction of sp³-hybridized carbons (Fsp3) is 0.667. The van der Waals surface area contributed by atoms with E-state index in [1.165, 1.54) is 6.26 Å². The van der Waals surface area contributed by atoms with E-state index in [0.717, 1.165) is 18.5 Å². The van der Waals surface area contributed by atoms with Gasteiger partial charge in [-0.2, -0.15) is 0 Å². The van der Waals surface area contributed by atoms with Crippen LogP contribution < -0.4 is 11.1 Å². The van der Waals surface area contributed by atoms with Crippen molar-refractivity contribution in [3.05, 3.63) is 18.0 Å². The van der Waals surface area contributed by atoms with Crippen LogP contribution in [0.25, 0.3) is 0 Å². The molecular weight excluding hydrogens is 270 g/mol. The van der Waals surface area contributed by atoms with Crippen molar-refractivity contribution < 1.29 is 14.1 Å². The Kier molecular flexibility index (Phi) is 6.27. The number of aromatic nitrogens is 1. The Morgan fingerprint density at radius 3 is 3.05 bits per heavy atom. The van der Waals surface area contributed by atoms with Crippen molar-refractivity contribution in [2.24, 2.45) is 11.7 Å². The Balaban J connectivity index is 0.00000180. The first-order chi connectivity index (χ1) is 8.70. The van der Waals surface area contributed by atoms with Crippen LogP contribution in [0.4, 0.5) is 0 Å². The highest BCUT2D eigenvalue weighted by Crippen LogP contribution is 2.25. The number of nitrogens with zero attached hydrogens (tertiary/aromatic N) is 1. The van der Waals surface area contributed by atoms with Crippen molar-refractivity contribution in [1.29, 1.82) is 0 Å². The summed E-state index contributed by atoms with van der Waals surface area (Å²) in [6.45, 7) is 0.398. The molecule has 1 aliphatic carbocycles. The molecule has 0 radical (unpaired) electrons. The van der Waals surface area contributed by atoms with Crippen LogP contribution in [0.3, 0.4) is 0 Å². The molecular formula is C12H20ClN3O3. The van der Waals surface area contributed by atoms with Crippen molar-refractivity contribution in [3.8, 4) is 0 Å². The minimum Gasteiger partial charge on any atom is -0.380 e. The molecule has 1 saturated carbocycles. The predicted octanol–water partition coefficient (Wildman–Crippen LogP) is 0.855. The maximum Gasteiger partial charge on any atom is 0.223 e. The van der Waals surface area contributed by atoms with Gasteiger partial charge in [0.1, 0.15) is 12.0 Å². The van der Waals surface area contributed by atoms with E-state index < -0.39 is 0 Å². The average molecular weight is 290 g/mol. The molecule has 1 aromatic heterocycles. The number of nitrogens with two attached hydrogens (primary N) is 1. The van der Waals surface area contributed by atoms with Gasteiger partial charge in [0.05, 0.1) is 12.6 Å². The van der Waals surface area contributed by atoms with E-state index in [4.69, 9.17) is 15.0 Å². The van der Waals surface area contributed by atoms with Gasteiger partial charge in [0, 0.05) is 25.1 Å². The van der Waals surface area contributed by atoms with Crippen LogP contribution in [0, 0.1) is 5.92 Å². The van der Waals surface area contributed by atoms with Crippen LogP contribution in [0.2, 0.25) is 0 Å². The van der Waals surface area contributed by atoms with E-state index >= 15 is 0 Å². The maximum atomic E-state index is 12.0. The van der Waals surface area contributed by atoms with E-state index in [1.807, 2.05) is 0 Å². The van der Waals surface area contributed by atoms with Gasteiger partial charge in [0.2, 0.25) is 5.91 Å². The number of halogens is 1. The Labute approximate surface area is 118 Å². The molecule has 19 heavy (non-hydrogen) atoms. The topological polar surface area (TPSA) is 90.4 Å². The molecule has 1 aromatic rings. The predicted molar refractivity (Wildman–Crippen MR) is 71.7 cm³/mol. The van der Waals surface area contributed by atoms with Gasteiger partial charge in [-0.15, -0.1) is 12.4 Å². The van der Waals surface area contributed by atoms with Crippen molar-refractivity contribution in [1.82, 2.24) is 10.5 Å². The Morgan fingerprint density at radius 1 is 1.63 bits per heavy atom. The molecule has 0 saturated heterocycles. The number of rotatable bonds is 4. The molecule has 3 N–H and O–H groups in total. The van der Waals surface area contributed by atoms with E-state index in [2.05, 4.69) is 10.5 Å². The zero-order valence-corrected chi connectivity index (χ0v) is 11.7. The molecule has 0 unspecified atom stereocenters. The molecule has 0 aromatic carbocycles. The highest BCUT2D eigenvalue weighted by Gasteiger charge is 2.31. The second-order valence-electron chi connectivity index (χ2n) is 4.66. The highest BCUT2D eigenvalue weighted by molar-refractivity contribution is 5.85. The van der Waals surface area contributed by atoms with Crippen LogP contribution >= 0.6 is 12.4 Å². The average Bonchev–Trinajstić information content (AvgIpc) is 2.89. The second kappa shape index (κ2) is 7.47. The van der Waals surface area contributed by atoms with Crippen LogP contribution in [-0.2, 0) is 16.1 Å². The zero-order valence-electron chi connectivity index (χ0n) is 10.9. The molecule has 1 amide bonds. The van der Waals surface area contributed by atoms with Crippen LogP contribution in [0.15, 0.2) is 16.9 Å². The second-order valence-corrected chi connectivity index (χ2v) is 4.66. The van der Waals surface area contributed by atoms with Gasteiger partial charge in [-0.3, -0.25) is 4.79 Å². The summed E-state index contributed by atoms with van der Waals surface area (Å²) < 4.78 is 10.0. The number of hydrogen-bond acceptors (Lipinski definition) is 5. The lowest BCUT2D eigenvalue weighted by molar-refractivity contribution is -0.128. The molecule has 1 aliphatic rings. The minimum absolute atomic E-state index is 0. The van der Waals surface area contributed by atoms with Gasteiger partial charge in [-0.25, -0.2) is 0 Å². The third-order valence-corrected chi connectivity index (χ3v) is 3.45. The van der Waals surface area contributed by atoms with E-state index in [9.17, 15) is 4.79 Å². The number of amides is 1. The summed E-state index contributed by atoms with van der Waals surface area (Å²) in [6, 6.07) is 1.77. The van der Waals surface area contributed by atoms with Gasteiger partial charge in [-0.1, -0.05) is 5.16 Å². The summed E-state index contributed by atoms with van der Waals surface area (Å²) in [5.41, 5.74) is 6.65. The lowest BCUT2D eigenvalue weighted by Crippen LogP contribution is -2.45. The monoisotopic (exact) mass is 289 g/mol. The third kappa shape index (κ3) is 4.19. The lowest BCUT2D eigenvalue weighted by Gasteiger charge is -2.32. The van der Waals surface area contributed by atoms with Crippen LogP contribution in [-0.4, -0.2) is 30.3 Å². The van der Waals surface area contributed by atoms with Crippen LogP contribution in [0.1, 0.15) is 25.0 Å². The normalized spacial score (nSPS) is 26.5. The van der Waals surface area contributed by atoms with E-state index in [1.54, 1.807) is 13.2 Å². The first-order valence-corrected chi connectivity index (χ1v) is 6.16. The molecule has 108 valence electrons. The van der Waals surface area contributed by atoms with Crippen LogP contribution in [0.5, 0.6) is 0 Å². The fourth-order valence-electron chi connectivity index (χ4n) is 2.31. The Bertz CT molecular complexity index is 386. The van der Waals surface area contributed by atoms with E-state index in [-0.39, 0.29) is 36.4 Å². The number of hydrogen-bond donors (Lipinski definition) is 2. The smallest absolute Gasteiger partial charge is 0.223 e. The van der Waals surface area contributed by atoms with Crippen molar-refractivity contribution in [3.63, 3.8) is 0 Å². The first-order valence-electron chi connectivity index (χ1n) is 6.16. The van der Waals surface area contributed by atoms with Gasteiger partial charge in [0.15, 0.2) is 0 Å². The number of carbonyl (C=O) groups is 1. The quantitative estimate of drug-likeness (QED) is 0.858. The van der Waals surface area contributed by atoms with Crippen molar-refractivity contribution >= 4 is 18.3 Å². The molecule has 1 heterocycles. The van der Waals surface area contributed by atoms with Crippen molar-refractivity contribution in [2.45, 2.75) is 38.0 Å². The Morgan fingerprint density at radius 2 is 2.42 bits per heavy atom. The molecule has 7 heteroatoms. The zero-order chi connectivity index (χ0) is 13.0. The Hall–Kier alpha value is -1.11. The minimum atomic E-state index is -0.0263. The summed E-state index contributed by atoms with van der Waals surface area (Å²) in [7, 11) is 1.64. The summed E-state index contributed by atoms with van der Waals surface area (Å²) >= 11 is 0. The number of methoxy groups -OCH3 is 1. The van der Waals surface area contributed by atoms with Gasteiger partial charge < -0.3 is 20.3 Å². The molecule has 0 aliphatic heterocycles.